The second-order valence-electron chi connectivity index (χ2n) is 14.9. The molecule has 3 heterocycles. The molecule has 0 aliphatic heterocycles. The van der Waals surface area contributed by atoms with Crippen LogP contribution < -0.4 is 4.90 Å². The minimum Gasteiger partial charge on any atom is -0.0602 e. The first-order valence-electron chi connectivity index (χ1n) is 19.7. The Kier molecular flexibility index (Phi) is 7.56. The van der Waals surface area contributed by atoms with E-state index in [2.05, 4.69) is 204 Å². The fourth-order valence-electron chi connectivity index (χ4n) is 8.82. The van der Waals surface area contributed by atoms with E-state index in [0.29, 0.717) is 14.5 Å². The van der Waals surface area contributed by atoms with Gasteiger partial charge in [0.05, 0.1) is 11.0 Å². The molecule has 0 unspecified atom stereocenters. The van der Waals surface area contributed by atoms with E-state index in [9.17, 15) is 0 Å². The van der Waals surface area contributed by atoms with Gasteiger partial charge in [-0.05, 0) is 42.0 Å². The number of hydrogen-bond acceptors (Lipinski definition) is 2. The minimum absolute atomic E-state index is 0.327. The zero-order valence-corrected chi connectivity index (χ0v) is 33.1. The first kappa shape index (κ1) is 33.1. The molecule has 0 fully saturated rings. The molecule has 4 heteroatoms. The predicted octanol–water partition coefficient (Wildman–Crippen LogP) is 14.9. The molecular formula is C54H34N2OSe. The van der Waals surface area contributed by atoms with Gasteiger partial charge >= 0.3 is 198 Å². The smallest absolute Gasteiger partial charge is 0.0541 e. The van der Waals surface area contributed by atoms with Gasteiger partial charge in [0.1, 0.15) is 5.58 Å². The van der Waals surface area contributed by atoms with Crippen LogP contribution in [0.4, 0.5) is 17.1 Å². The van der Waals surface area contributed by atoms with Gasteiger partial charge in [-0.1, -0.05) is 60.7 Å². The number of benzene rings is 9. The summed E-state index contributed by atoms with van der Waals surface area (Å²) < 4.78 is 11.5. The Morgan fingerprint density at radius 1 is 0.345 bits per heavy atom. The normalized spacial score (nSPS) is 11.8. The minimum atomic E-state index is 0.327. The molecule has 0 atom stereocenters. The molecule has 272 valence electrons. The van der Waals surface area contributed by atoms with Gasteiger partial charge in [0.15, 0.2) is 0 Å². The molecule has 58 heavy (non-hydrogen) atoms. The van der Waals surface area contributed by atoms with Crippen molar-refractivity contribution in [2.45, 2.75) is 0 Å². The van der Waals surface area contributed by atoms with E-state index >= 15 is 0 Å². The summed E-state index contributed by atoms with van der Waals surface area (Å²) in [5.74, 6) is 0. The molecular weight excluding hydrogens is 772 g/mol. The Morgan fingerprint density at radius 3 is 1.71 bits per heavy atom. The molecule has 0 bridgehead atoms. The predicted molar refractivity (Wildman–Crippen MR) is 246 cm³/mol. The summed E-state index contributed by atoms with van der Waals surface area (Å²) in [7, 11) is 0. The second kappa shape index (κ2) is 13.2. The molecule has 0 radical (unpaired) electrons. The van der Waals surface area contributed by atoms with E-state index in [-0.39, 0.29) is 0 Å². The van der Waals surface area contributed by atoms with Crippen LogP contribution in [0.2, 0.25) is 0 Å². The van der Waals surface area contributed by atoms with Crippen LogP contribution in [-0.4, -0.2) is 19.1 Å². The summed E-state index contributed by atoms with van der Waals surface area (Å²) in [6, 6.07) is 74.9. The maximum absolute atomic E-state index is 6.25. The van der Waals surface area contributed by atoms with Gasteiger partial charge in [-0.25, -0.2) is 0 Å². The van der Waals surface area contributed by atoms with Gasteiger partial charge in [-0.3, -0.25) is 0 Å². The summed E-state index contributed by atoms with van der Waals surface area (Å²) in [5.41, 5.74) is 13.5. The molecule has 9 aromatic carbocycles. The zero-order valence-electron chi connectivity index (χ0n) is 31.3. The number of nitrogens with zero attached hydrogens (tertiary/aromatic N) is 2. The number of rotatable bonds is 6. The molecule has 0 aliphatic carbocycles. The van der Waals surface area contributed by atoms with Crippen molar-refractivity contribution in [2.24, 2.45) is 0 Å². The van der Waals surface area contributed by atoms with Gasteiger partial charge in [0, 0.05) is 16.5 Å². The van der Waals surface area contributed by atoms with Gasteiger partial charge < -0.3 is 8.98 Å². The number of furan rings is 1. The Bertz CT molecular complexity index is 3500. The largest absolute Gasteiger partial charge is 0.0602 e. The van der Waals surface area contributed by atoms with E-state index in [0.717, 1.165) is 39.0 Å². The molecule has 12 rings (SSSR count). The Balaban J connectivity index is 0.949. The second-order valence-corrected chi connectivity index (χ2v) is 17.2. The quantitative estimate of drug-likeness (QED) is 0.156. The molecule has 0 saturated heterocycles. The third-order valence-electron chi connectivity index (χ3n) is 11.6. The van der Waals surface area contributed by atoms with Crippen LogP contribution in [-0.2, 0) is 0 Å². The molecule has 0 N–H and O–H groups in total. The van der Waals surface area contributed by atoms with Crippen molar-refractivity contribution >= 4 is 94.6 Å². The van der Waals surface area contributed by atoms with Crippen LogP contribution in [0, 0.1) is 0 Å². The van der Waals surface area contributed by atoms with Gasteiger partial charge in [-0.2, -0.15) is 0 Å². The van der Waals surface area contributed by atoms with Gasteiger partial charge in [-0.15, -0.1) is 0 Å². The Labute approximate surface area is 341 Å². The number of fused-ring (bicyclic) bond motifs is 9. The average molecular weight is 806 g/mol. The van der Waals surface area contributed by atoms with Crippen molar-refractivity contribution < 1.29 is 4.42 Å². The van der Waals surface area contributed by atoms with Gasteiger partial charge in [0.2, 0.25) is 0 Å². The molecule has 12 aromatic rings. The van der Waals surface area contributed by atoms with Crippen LogP contribution in [0.3, 0.4) is 0 Å². The summed E-state index contributed by atoms with van der Waals surface area (Å²) in [6.07, 6.45) is 0. The third kappa shape index (κ3) is 5.34. The molecule has 0 saturated carbocycles. The van der Waals surface area contributed by atoms with Crippen molar-refractivity contribution in [3.63, 3.8) is 0 Å². The molecule has 0 amide bonds. The number of hydrogen-bond donors (Lipinski definition) is 0. The summed E-state index contributed by atoms with van der Waals surface area (Å²) in [5, 5.41) is 7.50. The SMILES string of the molecule is c1ccc(-n2c3ccccc3c3cc(-c4ccc(N(c5ccc(-c6ccc7c(c6)[se]c6ccccc67)cc5)c5ccc6oc7ccccc7c6c5)cc4)ccc32)cc1. The van der Waals surface area contributed by atoms with Crippen molar-refractivity contribution in [1.29, 1.82) is 0 Å². The number of para-hydroxylation sites is 3. The Morgan fingerprint density at radius 2 is 0.914 bits per heavy atom. The zero-order chi connectivity index (χ0) is 38.2. The third-order valence-corrected chi connectivity index (χ3v) is 14.0. The van der Waals surface area contributed by atoms with Crippen LogP contribution in [0.5, 0.6) is 0 Å². The van der Waals surface area contributed by atoms with Crippen molar-refractivity contribution in [1.82, 2.24) is 4.57 Å². The fraction of sp³-hybridized carbons (Fsp3) is 0. The molecule has 3 nitrogen and oxygen atoms in total. The van der Waals surface area contributed by atoms with Gasteiger partial charge in [0.25, 0.3) is 0 Å². The maximum atomic E-state index is 6.25. The number of anilines is 3. The van der Waals surface area contributed by atoms with Crippen molar-refractivity contribution in [3.8, 4) is 27.9 Å². The van der Waals surface area contributed by atoms with E-state index in [4.69, 9.17) is 4.42 Å². The monoisotopic (exact) mass is 806 g/mol. The van der Waals surface area contributed by atoms with E-state index < -0.39 is 0 Å². The fourth-order valence-corrected chi connectivity index (χ4v) is 11.2. The topological polar surface area (TPSA) is 21.3 Å². The summed E-state index contributed by atoms with van der Waals surface area (Å²) >= 11 is 0.327. The first-order chi connectivity index (χ1) is 28.7. The van der Waals surface area contributed by atoms with Crippen LogP contribution in [0.25, 0.3) is 91.0 Å². The standard InChI is InChI=1S/C54H34N2OSe/c1-2-10-39(11-3-1)56-49-15-7-4-12-43(49)47-32-37(23-30-50(47)56)35-18-24-40(25-19-35)55(42-28-31-52-48(34-42)44-13-5-8-16-51(44)57-52)41-26-20-36(21-27-41)38-22-29-46-45-14-6-9-17-53(45)58-54(46)33-38/h1-34H. The van der Waals surface area contributed by atoms with E-state index in [1.807, 2.05) is 12.1 Å². The average Bonchev–Trinajstić information content (AvgIpc) is 3.96. The Hall–Kier alpha value is -7.10. The molecule has 3 aromatic heterocycles. The van der Waals surface area contributed by atoms with Crippen LogP contribution in [0.1, 0.15) is 0 Å². The van der Waals surface area contributed by atoms with Crippen molar-refractivity contribution in [2.75, 3.05) is 4.90 Å². The summed E-state index contributed by atoms with van der Waals surface area (Å²) in [4.78, 5) is 2.36. The number of aromatic nitrogens is 1. The van der Waals surface area contributed by atoms with Crippen molar-refractivity contribution in [3.05, 3.63) is 206 Å². The first-order valence-corrected chi connectivity index (χ1v) is 21.4. The summed E-state index contributed by atoms with van der Waals surface area (Å²) in [6.45, 7) is 0. The molecule has 0 aliphatic rings. The van der Waals surface area contributed by atoms with E-state index in [1.54, 1.807) is 0 Å². The van der Waals surface area contributed by atoms with Crippen LogP contribution >= 0.6 is 0 Å². The maximum Gasteiger partial charge on any atom is 0.0541 e. The molecule has 0 spiro atoms. The van der Waals surface area contributed by atoms with Crippen LogP contribution in [0.15, 0.2) is 211 Å². The van der Waals surface area contributed by atoms with E-state index in [1.165, 1.54) is 69.0 Å².